The number of hydrogen-bond donors (Lipinski definition) is 0. The first kappa shape index (κ1) is 39.4. The van der Waals surface area contributed by atoms with Crippen LogP contribution < -0.4 is 4.90 Å². The molecule has 0 fully saturated rings. The van der Waals surface area contributed by atoms with E-state index in [2.05, 4.69) is 276 Å². The lowest BCUT2D eigenvalue weighted by molar-refractivity contribution is 1.18. The van der Waals surface area contributed by atoms with Gasteiger partial charge in [0, 0.05) is 33.5 Å². The third kappa shape index (κ3) is 6.82. The first-order valence-corrected chi connectivity index (χ1v) is 23.4. The van der Waals surface area contributed by atoms with Gasteiger partial charge < -0.3 is 9.47 Å². The minimum absolute atomic E-state index is 1.08. The Kier molecular flexibility index (Phi) is 9.54. The molecule has 0 N–H and O–H groups in total. The lowest BCUT2D eigenvalue weighted by Gasteiger charge is -2.26. The smallest absolute Gasteiger partial charge is 0.0547 e. The topological polar surface area (TPSA) is 8.17 Å². The molecular formula is C66H44N2. The molecule has 0 radical (unpaired) electrons. The van der Waals surface area contributed by atoms with Gasteiger partial charge in [-0.05, 0) is 150 Å². The summed E-state index contributed by atoms with van der Waals surface area (Å²) in [4.78, 5) is 2.39. The van der Waals surface area contributed by atoms with Gasteiger partial charge in [-0.2, -0.15) is 0 Å². The second kappa shape index (κ2) is 16.5. The van der Waals surface area contributed by atoms with Crippen LogP contribution in [0, 0.1) is 0 Å². The minimum atomic E-state index is 1.08. The number of benzene rings is 12. The van der Waals surface area contributed by atoms with Crippen LogP contribution in [0.25, 0.3) is 104 Å². The van der Waals surface area contributed by atoms with Gasteiger partial charge in [0.25, 0.3) is 0 Å². The van der Waals surface area contributed by atoms with E-state index in [1.54, 1.807) is 0 Å². The Morgan fingerprint density at radius 1 is 0.250 bits per heavy atom. The van der Waals surface area contributed by atoms with Crippen LogP contribution in [-0.2, 0) is 0 Å². The van der Waals surface area contributed by atoms with Gasteiger partial charge >= 0.3 is 0 Å². The van der Waals surface area contributed by atoms with Crippen LogP contribution in [0.4, 0.5) is 17.1 Å². The summed E-state index contributed by atoms with van der Waals surface area (Å²) < 4.78 is 2.39. The van der Waals surface area contributed by atoms with E-state index in [1.165, 1.54) is 98.6 Å². The molecule has 2 nitrogen and oxygen atoms in total. The van der Waals surface area contributed by atoms with Crippen LogP contribution in [0.5, 0.6) is 0 Å². The highest BCUT2D eigenvalue weighted by atomic mass is 15.1. The summed E-state index contributed by atoms with van der Waals surface area (Å²) in [6, 6.07) is 97.5. The van der Waals surface area contributed by atoms with Crippen molar-refractivity contribution in [1.29, 1.82) is 0 Å². The molecule has 13 aromatic rings. The van der Waals surface area contributed by atoms with E-state index in [1.807, 2.05) is 0 Å². The largest absolute Gasteiger partial charge is 0.310 e. The molecule has 0 unspecified atom stereocenters. The molecule has 0 atom stereocenters. The summed E-state index contributed by atoms with van der Waals surface area (Å²) in [6.45, 7) is 0. The molecule has 0 amide bonds. The normalized spacial score (nSPS) is 11.5. The highest BCUT2D eigenvalue weighted by Crippen LogP contribution is 2.43. The predicted octanol–water partition coefficient (Wildman–Crippen LogP) is 18.4. The number of nitrogens with zero attached hydrogens (tertiary/aromatic N) is 2. The molecular weight excluding hydrogens is 821 g/mol. The number of hydrogen-bond acceptors (Lipinski definition) is 1. The summed E-state index contributed by atoms with van der Waals surface area (Å²) in [5, 5.41) is 10.0. The summed E-state index contributed by atoms with van der Waals surface area (Å²) >= 11 is 0. The van der Waals surface area contributed by atoms with E-state index in [0.717, 1.165) is 22.7 Å². The van der Waals surface area contributed by atoms with Crippen molar-refractivity contribution in [3.8, 4) is 50.2 Å². The van der Waals surface area contributed by atoms with Crippen molar-refractivity contribution in [2.45, 2.75) is 0 Å². The Morgan fingerprint density at radius 2 is 0.809 bits per heavy atom. The van der Waals surface area contributed by atoms with Gasteiger partial charge in [-0.1, -0.05) is 194 Å². The fraction of sp³-hybridized carbons (Fsp3) is 0. The summed E-state index contributed by atoms with van der Waals surface area (Å²) in [7, 11) is 0. The predicted molar refractivity (Wildman–Crippen MR) is 290 cm³/mol. The van der Waals surface area contributed by atoms with E-state index < -0.39 is 0 Å². The SMILES string of the molecule is c1ccc(-n2c3ccccc3c3c(-c4ccc(N(c5ccc(-c6cccc(-c7ccc8ccccc8c7)c6)cc5)c5cccc(-c6cccc7c6ccc6ccccc67)c5)cc4)cccc32)cc1. The molecule has 2 heteroatoms. The van der Waals surface area contributed by atoms with Crippen LogP contribution in [0.1, 0.15) is 0 Å². The summed E-state index contributed by atoms with van der Waals surface area (Å²) in [5.41, 5.74) is 16.4. The van der Waals surface area contributed by atoms with E-state index >= 15 is 0 Å². The Hall–Kier alpha value is -8.98. The molecule has 1 heterocycles. The van der Waals surface area contributed by atoms with Gasteiger partial charge in [0.1, 0.15) is 0 Å². The van der Waals surface area contributed by atoms with Crippen molar-refractivity contribution in [2.24, 2.45) is 0 Å². The Balaban J connectivity index is 0.919. The van der Waals surface area contributed by atoms with Crippen LogP contribution >= 0.6 is 0 Å². The van der Waals surface area contributed by atoms with Crippen molar-refractivity contribution in [3.63, 3.8) is 0 Å². The van der Waals surface area contributed by atoms with Crippen molar-refractivity contribution in [3.05, 3.63) is 267 Å². The third-order valence-corrected chi connectivity index (χ3v) is 13.8. The van der Waals surface area contributed by atoms with Crippen LogP contribution in [0.2, 0.25) is 0 Å². The van der Waals surface area contributed by atoms with Crippen molar-refractivity contribution >= 4 is 71.2 Å². The van der Waals surface area contributed by atoms with Crippen molar-refractivity contribution < 1.29 is 0 Å². The second-order valence-corrected chi connectivity index (χ2v) is 17.7. The zero-order valence-corrected chi connectivity index (χ0v) is 37.3. The number of rotatable bonds is 8. The maximum Gasteiger partial charge on any atom is 0.0547 e. The third-order valence-electron chi connectivity index (χ3n) is 13.8. The highest BCUT2D eigenvalue weighted by molar-refractivity contribution is 6.16. The number of aromatic nitrogens is 1. The Labute approximate surface area is 395 Å². The highest BCUT2D eigenvalue weighted by Gasteiger charge is 2.19. The van der Waals surface area contributed by atoms with E-state index in [4.69, 9.17) is 0 Å². The number of anilines is 3. The van der Waals surface area contributed by atoms with Gasteiger partial charge in [-0.15, -0.1) is 0 Å². The van der Waals surface area contributed by atoms with Crippen molar-refractivity contribution in [1.82, 2.24) is 4.57 Å². The molecule has 0 saturated heterocycles. The fourth-order valence-electron chi connectivity index (χ4n) is 10.5. The van der Waals surface area contributed by atoms with Crippen molar-refractivity contribution in [2.75, 3.05) is 4.90 Å². The Morgan fingerprint density at radius 3 is 1.63 bits per heavy atom. The molecule has 318 valence electrons. The molecule has 1 aromatic heterocycles. The van der Waals surface area contributed by atoms with Gasteiger partial charge in [0.05, 0.1) is 11.0 Å². The number of para-hydroxylation sites is 2. The summed E-state index contributed by atoms with van der Waals surface area (Å²) in [5.74, 6) is 0. The molecule has 0 bridgehead atoms. The fourth-order valence-corrected chi connectivity index (χ4v) is 10.5. The average molecular weight is 865 g/mol. The Bertz CT molecular complexity index is 4010. The van der Waals surface area contributed by atoms with Crippen LogP contribution in [0.15, 0.2) is 267 Å². The van der Waals surface area contributed by atoms with Gasteiger partial charge in [-0.25, -0.2) is 0 Å². The maximum atomic E-state index is 2.39. The molecule has 68 heavy (non-hydrogen) atoms. The van der Waals surface area contributed by atoms with E-state index in [9.17, 15) is 0 Å². The monoisotopic (exact) mass is 864 g/mol. The van der Waals surface area contributed by atoms with Crippen LogP contribution in [-0.4, -0.2) is 4.57 Å². The molecule has 0 aliphatic rings. The maximum absolute atomic E-state index is 2.39. The minimum Gasteiger partial charge on any atom is -0.310 e. The quantitative estimate of drug-likeness (QED) is 0.138. The molecule has 0 aliphatic heterocycles. The molecule has 0 spiro atoms. The van der Waals surface area contributed by atoms with Crippen LogP contribution in [0.3, 0.4) is 0 Å². The molecule has 0 saturated carbocycles. The zero-order chi connectivity index (χ0) is 45.0. The lowest BCUT2D eigenvalue weighted by Crippen LogP contribution is -2.10. The van der Waals surface area contributed by atoms with Gasteiger partial charge in [-0.3, -0.25) is 0 Å². The van der Waals surface area contributed by atoms with Gasteiger partial charge in [0.2, 0.25) is 0 Å². The molecule has 12 aromatic carbocycles. The lowest BCUT2D eigenvalue weighted by atomic mass is 9.94. The first-order chi connectivity index (χ1) is 33.7. The van der Waals surface area contributed by atoms with E-state index in [0.29, 0.717) is 0 Å². The standard InChI is InChI=1S/C66H44N2/c1-2-20-54(21-3-1)68-64-28-9-8-24-63(64)66-60(26-13-29-65(66)68)48-34-39-56(40-35-48)67(57-22-11-19-53(44-57)59-25-12-27-61-58-23-7-6-15-47(58)36-41-62(59)61)55-37-32-46(33-38-55)50-17-10-18-51(42-50)52-31-30-45-14-4-5-16-49(45)43-52/h1-44H. The van der Waals surface area contributed by atoms with Gasteiger partial charge in [0.15, 0.2) is 0 Å². The first-order valence-electron chi connectivity index (χ1n) is 23.4. The second-order valence-electron chi connectivity index (χ2n) is 17.7. The number of fused-ring (bicyclic) bond motifs is 7. The van der Waals surface area contributed by atoms with E-state index in [-0.39, 0.29) is 0 Å². The zero-order valence-electron chi connectivity index (χ0n) is 37.3. The average Bonchev–Trinajstić information content (AvgIpc) is 3.76. The summed E-state index contributed by atoms with van der Waals surface area (Å²) in [6.07, 6.45) is 0. The molecule has 13 rings (SSSR count). The molecule has 0 aliphatic carbocycles.